The lowest BCUT2D eigenvalue weighted by Gasteiger charge is -2.34. The van der Waals surface area contributed by atoms with Gasteiger partial charge in [0.25, 0.3) is 5.91 Å². The lowest BCUT2D eigenvalue weighted by atomic mass is 9.99. The molecule has 2 aromatic carbocycles. The van der Waals surface area contributed by atoms with E-state index in [2.05, 4.69) is 10.6 Å². The Bertz CT molecular complexity index is 1030. The summed E-state index contributed by atoms with van der Waals surface area (Å²) < 4.78 is 5.40. The molecule has 0 saturated heterocycles. The van der Waals surface area contributed by atoms with Gasteiger partial charge in [-0.2, -0.15) is 0 Å². The number of hydrogen-bond acceptors (Lipinski definition) is 4. The van der Waals surface area contributed by atoms with Gasteiger partial charge in [0.15, 0.2) is 0 Å². The van der Waals surface area contributed by atoms with Crippen molar-refractivity contribution in [3.8, 4) is 0 Å². The normalized spacial score (nSPS) is 13.0. The predicted molar refractivity (Wildman–Crippen MR) is 144 cm³/mol. The van der Waals surface area contributed by atoms with E-state index in [4.69, 9.17) is 16.3 Å². The number of ether oxygens (including phenoxy) is 1. The third-order valence-corrected chi connectivity index (χ3v) is 5.78. The summed E-state index contributed by atoms with van der Waals surface area (Å²) in [5.74, 6) is -0.646. The Morgan fingerprint density at radius 1 is 1.03 bits per heavy atom. The molecule has 0 aliphatic rings. The van der Waals surface area contributed by atoms with Crippen LogP contribution in [0.3, 0.4) is 0 Å². The fraction of sp³-hybridized carbons (Fsp3) is 0.464. The van der Waals surface area contributed by atoms with Crippen LogP contribution in [0.15, 0.2) is 48.5 Å². The molecule has 8 heteroatoms. The number of rotatable bonds is 9. The average molecular weight is 516 g/mol. The molecule has 196 valence electrons. The van der Waals surface area contributed by atoms with E-state index in [0.29, 0.717) is 22.7 Å². The Balaban J connectivity index is 2.44. The molecule has 0 aliphatic heterocycles. The van der Waals surface area contributed by atoms with Gasteiger partial charge in [0.05, 0.1) is 10.7 Å². The van der Waals surface area contributed by atoms with E-state index < -0.39 is 29.7 Å². The molecule has 0 radical (unpaired) electrons. The minimum Gasteiger partial charge on any atom is -0.444 e. The summed E-state index contributed by atoms with van der Waals surface area (Å²) >= 11 is 6.36. The zero-order valence-electron chi connectivity index (χ0n) is 22.2. The van der Waals surface area contributed by atoms with Gasteiger partial charge in [-0.15, -0.1) is 0 Å². The van der Waals surface area contributed by atoms with Crippen molar-refractivity contribution in [3.05, 3.63) is 64.7 Å². The second-order valence-electron chi connectivity index (χ2n) is 10.2. The second-order valence-corrected chi connectivity index (χ2v) is 10.6. The zero-order valence-corrected chi connectivity index (χ0v) is 23.0. The number of anilines is 1. The molecular formula is C28H38ClN3O4. The number of alkyl carbamates (subject to hydrolysis) is 1. The van der Waals surface area contributed by atoms with Crippen molar-refractivity contribution in [1.29, 1.82) is 0 Å². The maximum Gasteiger partial charge on any atom is 0.408 e. The molecule has 2 atom stereocenters. The Kier molecular flexibility index (Phi) is 10.3. The number of benzene rings is 2. The van der Waals surface area contributed by atoms with Crippen LogP contribution >= 0.6 is 11.6 Å². The number of aryl methyl sites for hydroxylation is 1. The second kappa shape index (κ2) is 12.8. The van der Waals surface area contributed by atoms with Crippen LogP contribution in [-0.4, -0.2) is 41.0 Å². The van der Waals surface area contributed by atoms with Crippen LogP contribution in [0.25, 0.3) is 0 Å². The van der Waals surface area contributed by atoms with E-state index in [9.17, 15) is 14.4 Å². The lowest BCUT2D eigenvalue weighted by Crippen LogP contribution is -2.52. The van der Waals surface area contributed by atoms with Gasteiger partial charge in [-0.25, -0.2) is 4.79 Å². The number of para-hydroxylation sites is 1. The molecule has 0 spiro atoms. The molecule has 2 rings (SSSR count). The molecule has 0 fully saturated rings. The molecule has 2 unspecified atom stereocenters. The third kappa shape index (κ3) is 8.26. The minimum absolute atomic E-state index is 0.113. The van der Waals surface area contributed by atoms with Crippen molar-refractivity contribution in [2.24, 2.45) is 5.92 Å². The van der Waals surface area contributed by atoms with Crippen LogP contribution in [0.4, 0.5) is 10.5 Å². The number of hydrogen-bond donors (Lipinski definition) is 2. The number of likely N-dealkylation sites (N-methyl/N-ethyl adjacent to an activating group) is 1. The SMILES string of the molecule is CCN(C(=O)C(CC(C)C)NC(=O)OC(C)(C)C)C(C(=O)Nc1c(C)cccc1Cl)c1ccccc1. The highest BCUT2D eigenvalue weighted by atomic mass is 35.5. The van der Waals surface area contributed by atoms with Crippen LogP contribution < -0.4 is 10.6 Å². The lowest BCUT2D eigenvalue weighted by molar-refractivity contribution is -0.140. The summed E-state index contributed by atoms with van der Waals surface area (Å²) in [6.07, 6.45) is -0.286. The van der Waals surface area contributed by atoms with Gasteiger partial charge in [0.2, 0.25) is 5.91 Å². The van der Waals surface area contributed by atoms with Gasteiger partial charge >= 0.3 is 6.09 Å². The molecule has 0 heterocycles. The Morgan fingerprint density at radius 2 is 1.67 bits per heavy atom. The largest absolute Gasteiger partial charge is 0.444 e. The van der Waals surface area contributed by atoms with Gasteiger partial charge in [0, 0.05) is 6.54 Å². The Hall–Kier alpha value is -3.06. The highest BCUT2D eigenvalue weighted by Crippen LogP contribution is 2.29. The predicted octanol–water partition coefficient (Wildman–Crippen LogP) is 6.12. The van der Waals surface area contributed by atoms with E-state index in [1.807, 2.05) is 58.0 Å². The van der Waals surface area contributed by atoms with E-state index in [1.165, 1.54) is 4.90 Å². The number of amides is 3. The van der Waals surface area contributed by atoms with E-state index in [1.54, 1.807) is 39.0 Å². The van der Waals surface area contributed by atoms with Crippen LogP contribution in [-0.2, 0) is 14.3 Å². The molecule has 0 aliphatic carbocycles. The van der Waals surface area contributed by atoms with Crippen molar-refractivity contribution in [2.75, 3.05) is 11.9 Å². The maximum atomic E-state index is 13.9. The molecule has 7 nitrogen and oxygen atoms in total. The third-order valence-electron chi connectivity index (χ3n) is 5.47. The maximum absolute atomic E-state index is 13.9. The van der Waals surface area contributed by atoms with Crippen LogP contribution in [0.1, 0.15) is 65.1 Å². The van der Waals surface area contributed by atoms with Gasteiger partial charge in [-0.1, -0.05) is 67.9 Å². The monoisotopic (exact) mass is 515 g/mol. The fourth-order valence-corrected chi connectivity index (χ4v) is 4.17. The summed E-state index contributed by atoms with van der Waals surface area (Å²) in [5, 5.41) is 6.06. The van der Waals surface area contributed by atoms with Crippen molar-refractivity contribution in [1.82, 2.24) is 10.2 Å². The molecule has 3 amide bonds. The Labute approximate surface area is 219 Å². The molecule has 0 aromatic heterocycles. The summed E-state index contributed by atoms with van der Waals surface area (Å²) in [6.45, 7) is 13.1. The quantitative estimate of drug-likeness (QED) is 0.421. The van der Waals surface area contributed by atoms with Gasteiger partial charge in [0.1, 0.15) is 17.7 Å². The smallest absolute Gasteiger partial charge is 0.408 e. The standard InChI is InChI=1S/C28H38ClN3O4/c1-8-32(26(34)22(17-18(2)3)30-27(35)36-28(5,6)7)24(20-14-10-9-11-15-20)25(33)31-23-19(4)13-12-16-21(23)29/h9-16,18,22,24H,8,17H2,1-7H3,(H,30,35)(H,31,33). The Morgan fingerprint density at radius 3 is 2.19 bits per heavy atom. The average Bonchev–Trinajstić information content (AvgIpc) is 2.78. The highest BCUT2D eigenvalue weighted by Gasteiger charge is 2.36. The molecule has 36 heavy (non-hydrogen) atoms. The van der Waals surface area contributed by atoms with Crippen molar-refractivity contribution < 1.29 is 19.1 Å². The van der Waals surface area contributed by atoms with Gasteiger partial charge in [-0.3, -0.25) is 9.59 Å². The zero-order chi connectivity index (χ0) is 27.0. The summed E-state index contributed by atoms with van der Waals surface area (Å²) in [6, 6.07) is 12.7. The van der Waals surface area contributed by atoms with Gasteiger partial charge < -0.3 is 20.3 Å². The molecule has 2 aromatic rings. The summed E-state index contributed by atoms with van der Waals surface area (Å²) in [4.78, 5) is 41.6. The first-order chi connectivity index (χ1) is 16.8. The number of carbonyl (C=O) groups excluding carboxylic acids is 3. The molecular weight excluding hydrogens is 478 g/mol. The molecule has 2 N–H and O–H groups in total. The minimum atomic E-state index is -0.936. The first kappa shape index (κ1) is 29.2. The van der Waals surface area contributed by atoms with Crippen molar-refractivity contribution in [3.63, 3.8) is 0 Å². The first-order valence-electron chi connectivity index (χ1n) is 12.2. The topological polar surface area (TPSA) is 87.7 Å². The summed E-state index contributed by atoms with van der Waals surface area (Å²) in [5.41, 5.74) is 1.25. The number of halogens is 1. The van der Waals surface area contributed by atoms with Gasteiger partial charge in [-0.05, 0) is 64.2 Å². The summed E-state index contributed by atoms with van der Waals surface area (Å²) in [7, 11) is 0. The van der Waals surface area contributed by atoms with Crippen molar-refractivity contribution >= 4 is 35.2 Å². The van der Waals surface area contributed by atoms with Crippen LogP contribution in [0.5, 0.6) is 0 Å². The van der Waals surface area contributed by atoms with Crippen molar-refractivity contribution in [2.45, 2.75) is 72.6 Å². The van der Waals surface area contributed by atoms with Crippen LogP contribution in [0.2, 0.25) is 5.02 Å². The molecule has 0 saturated carbocycles. The van der Waals surface area contributed by atoms with E-state index in [0.717, 1.165) is 5.56 Å². The van der Waals surface area contributed by atoms with E-state index in [-0.39, 0.29) is 18.4 Å². The van der Waals surface area contributed by atoms with Crippen LogP contribution in [0, 0.1) is 12.8 Å². The molecule has 0 bridgehead atoms. The number of carbonyl (C=O) groups is 3. The van der Waals surface area contributed by atoms with E-state index >= 15 is 0 Å². The number of nitrogens with one attached hydrogen (secondary N) is 2. The first-order valence-corrected chi connectivity index (χ1v) is 12.6. The highest BCUT2D eigenvalue weighted by molar-refractivity contribution is 6.34. The fourth-order valence-electron chi connectivity index (χ4n) is 3.90. The number of nitrogens with zero attached hydrogens (tertiary/aromatic N) is 1.